The van der Waals surface area contributed by atoms with E-state index >= 15 is 0 Å². The highest BCUT2D eigenvalue weighted by Gasteiger charge is 2.54. The third kappa shape index (κ3) is 2.37. The van der Waals surface area contributed by atoms with Crippen LogP contribution in [-0.4, -0.2) is 53.3 Å². The van der Waals surface area contributed by atoms with Gasteiger partial charge >= 0.3 is 0 Å². The Kier molecular flexibility index (Phi) is 3.62. The number of azide groups is 1. The van der Waals surface area contributed by atoms with Crippen molar-refractivity contribution < 1.29 is 29.3 Å². The Hall–Kier alpha value is -1.09. The Balaban J connectivity index is 2.15. The highest BCUT2D eigenvalue weighted by molar-refractivity contribution is 4.94. The molecule has 0 amide bonds. The molecule has 0 aromatic rings. The fourth-order valence-electron chi connectivity index (χ4n) is 2.10. The molecule has 0 unspecified atom stereocenters. The van der Waals surface area contributed by atoms with E-state index in [2.05, 4.69) is 10.2 Å². The predicted molar refractivity (Wildman–Crippen MR) is 55.8 cm³/mol. The second kappa shape index (κ2) is 4.88. The van der Waals surface area contributed by atoms with E-state index in [9.17, 15) is 10.2 Å². The van der Waals surface area contributed by atoms with Gasteiger partial charge in [0, 0.05) is 4.91 Å². The van der Waals surface area contributed by atoms with Crippen LogP contribution >= 0.6 is 0 Å². The summed E-state index contributed by atoms with van der Waals surface area (Å²) in [6, 6.07) is 0. The molecule has 2 heterocycles. The third-order valence-electron chi connectivity index (χ3n) is 2.82. The van der Waals surface area contributed by atoms with Gasteiger partial charge in [0.15, 0.2) is 18.2 Å². The fourth-order valence-corrected chi connectivity index (χ4v) is 2.10. The summed E-state index contributed by atoms with van der Waals surface area (Å²) in [5, 5.41) is 22.2. The van der Waals surface area contributed by atoms with Crippen LogP contribution in [0.5, 0.6) is 0 Å². The summed E-state index contributed by atoms with van der Waals surface area (Å²) in [5.74, 6) is -0.899. The van der Waals surface area contributed by atoms with Crippen molar-refractivity contribution in [3.8, 4) is 0 Å². The lowest BCUT2D eigenvalue weighted by atomic mass is 9.99. The van der Waals surface area contributed by atoms with Crippen LogP contribution in [0.4, 0.5) is 0 Å². The zero-order chi connectivity index (χ0) is 13.3. The Morgan fingerprint density at radius 3 is 2.78 bits per heavy atom. The topological polar surface area (TPSA) is 126 Å². The molecule has 0 saturated carbocycles. The van der Waals surface area contributed by atoms with E-state index in [0.29, 0.717) is 0 Å². The molecule has 9 heteroatoms. The largest absolute Gasteiger partial charge is 0.424 e. The number of hydrogen-bond acceptors (Lipinski definition) is 7. The van der Waals surface area contributed by atoms with Crippen LogP contribution < -0.4 is 0 Å². The summed E-state index contributed by atoms with van der Waals surface area (Å²) < 4.78 is 16.3. The van der Waals surface area contributed by atoms with Crippen LogP contribution in [0, 0.1) is 0 Å². The molecular weight excluding hydrogens is 246 g/mol. The van der Waals surface area contributed by atoms with Crippen molar-refractivity contribution in [2.75, 3.05) is 6.61 Å². The average molecular weight is 261 g/mol. The molecule has 0 radical (unpaired) electrons. The van der Waals surface area contributed by atoms with Crippen molar-refractivity contribution in [3.63, 3.8) is 0 Å². The number of aliphatic hydroxyl groups is 2. The maximum atomic E-state index is 10.1. The molecule has 0 aliphatic carbocycles. The van der Waals surface area contributed by atoms with Crippen LogP contribution in [0.25, 0.3) is 10.4 Å². The quantitative estimate of drug-likeness (QED) is 0.314. The lowest BCUT2D eigenvalue weighted by molar-refractivity contribution is -0.266. The zero-order valence-corrected chi connectivity index (χ0v) is 9.96. The Bertz CT molecular complexity index is 358. The van der Waals surface area contributed by atoms with E-state index < -0.39 is 43.1 Å². The minimum absolute atomic E-state index is 0.407. The van der Waals surface area contributed by atoms with Crippen LogP contribution in [0.1, 0.15) is 13.8 Å². The van der Waals surface area contributed by atoms with Gasteiger partial charge in [-0.15, -0.1) is 0 Å². The molecule has 2 saturated heterocycles. The van der Waals surface area contributed by atoms with Crippen molar-refractivity contribution in [2.45, 2.75) is 50.3 Å². The Morgan fingerprint density at radius 2 is 2.17 bits per heavy atom. The van der Waals surface area contributed by atoms with Gasteiger partial charge in [-0.3, -0.25) is 0 Å². The first-order valence-corrected chi connectivity index (χ1v) is 5.49. The summed E-state index contributed by atoms with van der Waals surface area (Å²) in [4.78, 5) is 7.19. The number of nitrogens with zero attached hydrogens (tertiary/aromatic N) is 3. The van der Waals surface area contributed by atoms with E-state index in [1.165, 1.54) is 0 Å². The molecule has 0 aromatic heterocycles. The fraction of sp³-hybridized carbons (Fsp3) is 1.00. The minimum Gasteiger partial charge on any atom is -0.424 e. The van der Waals surface area contributed by atoms with Gasteiger partial charge in [0.05, 0.1) is 6.61 Å². The van der Waals surface area contributed by atoms with E-state index in [-0.39, 0.29) is 0 Å². The second-order valence-corrected chi connectivity index (χ2v) is 4.56. The molecule has 102 valence electrons. The SMILES string of the molecule is CC1(C)O[C@H]2O[C@H](CO)[C@@H](ON=[N+]=[N-])[C@H](O)[C@H]2O1. The van der Waals surface area contributed by atoms with Crippen LogP contribution in [0.15, 0.2) is 5.28 Å². The average Bonchev–Trinajstić information content (AvgIpc) is 2.62. The van der Waals surface area contributed by atoms with E-state index in [4.69, 9.17) is 24.6 Å². The summed E-state index contributed by atoms with van der Waals surface area (Å²) >= 11 is 0. The summed E-state index contributed by atoms with van der Waals surface area (Å²) in [7, 11) is 0. The van der Waals surface area contributed by atoms with Crippen LogP contribution in [0.3, 0.4) is 0 Å². The molecule has 5 atom stereocenters. The number of hydrogen-bond donors (Lipinski definition) is 2. The first-order chi connectivity index (χ1) is 8.48. The van der Waals surface area contributed by atoms with E-state index in [0.717, 1.165) is 0 Å². The zero-order valence-electron chi connectivity index (χ0n) is 9.96. The lowest BCUT2D eigenvalue weighted by Gasteiger charge is -2.38. The maximum absolute atomic E-state index is 10.1. The summed E-state index contributed by atoms with van der Waals surface area (Å²) in [6.07, 6.45) is -4.55. The number of aliphatic hydroxyl groups excluding tert-OH is 2. The number of rotatable bonds is 3. The monoisotopic (exact) mass is 261 g/mol. The lowest BCUT2D eigenvalue weighted by Crippen LogP contribution is -2.57. The molecule has 18 heavy (non-hydrogen) atoms. The molecule has 2 aliphatic rings. The molecule has 0 bridgehead atoms. The van der Waals surface area contributed by atoms with Crippen molar-refractivity contribution in [1.29, 1.82) is 0 Å². The van der Waals surface area contributed by atoms with E-state index in [1.54, 1.807) is 13.8 Å². The number of ether oxygens (including phenoxy) is 3. The smallest absolute Gasteiger partial charge is 0.190 e. The van der Waals surface area contributed by atoms with Gasteiger partial charge in [0.25, 0.3) is 0 Å². The minimum atomic E-state index is -1.13. The van der Waals surface area contributed by atoms with E-state index in [1.807, 2.05) is 0 Å². The predicted octanol–water partition coefficient (Wildman–Crippen LogP) is -0.174. The standard InChI is InChI=1S/C9H15N3O6/c1-9(2)16-7-5(14)6(18-12-11-10)4(3-13)15-8(7)17-9/h4-8,13-14H,3H2,1-2H3/t4-,5+,6-,7-,8-/m1/s1. The molecule has 0 spiro atoms. The summed E-state index contributed by atoms with van der Waals surface area (Å²) in [5.41, 5.74) is 8.21. The van der Waals surface area contributed by atoms with Gasteiger partial charge in [0.2, 0.25) is 0 Å². The molecule has 2 rings (SSSR count). The van der Waals surface area contributed by atoms with Gasteiger partial charge in [0.1, 0.15) is 23.6 Å². The molecule has 9 nitrogen and oxygen atoms in total. The highest BCUT2D eigenvalue weighted by atomic mass is 16.8. The highest BCUT2D eigenvalue weighted by Crippen LogP contribution is 2.37. The van der Waals surface area contributed by atoms with Crippen molar-refractivity contribution in [1.82, 2.24) is 0 Å². The van der Waals surface area contributed by atoms with Gasteiger partial charge in [-0.25, -0.2) is 0 Å². The third-order valence-corrected chi connectivity index (χ3v) is 2.82. The van der Waals surface area contributed by atoms with Gasteiger partial charge in [-0.2, -0.15) is 0 Å². The second-order valence-electron chi connectivity index (χ2n) is 4.56. The maximum Gasteiger partial charge on any atom is 0.190 e. The van der Waals surface area contributed by atoms with Crippen molar-refractivity contribution in [3.05, 3.63) is 10.4 Å². The van der Waals surface area contributed by atoms with Crippen LogP contribution in [0.2, 0.25) is 0 Å². The Labute approximate surface area is 103 Å². The van der Waals surface area contributed by atoms with Crippen LogP contribution in [-0.2, 0) is 19.0 Å². The normalized spacial score (nSPS) is 41.9. The molecule has 2 N–H and O–H groups in total. The van der Waals surface area contributed by atoms with Crippen molar-refractivity contribution in [2.24, 2.45) is 5.28 Å². The first kappa shape index (κ1) is 13.3. The van der Waals surface area contributed by atoms with Gasteiger partial charge in [-0.05, 0) is 19.4 Å². The number of fused-ring (bicyclic) bond motifs is 1. The summed E-state index contributed by atoms with van der Waals surface area (Å²) in [6.45, 7) is 2.95. The van der Waals surface area contributed by atoms with Gasteiger partial charge in [-0.1, -0.05) is 0 Å². The molecule has 0 aromatic carbocycles. The first-order valence-electron chi connectivity index (χ1n) is 5.49. The van der Waals surface area contributed by atoms with Crippen molar-refractivity contribution >= 4 is 0 Å². The molecule has 2 aliphatic heterocycles. The Morgan fingerprint density at radius 1 is 1.44 bits per heavy atom. The molecule has 2 fully saturated rings. The van der Waals surface area contributed by atoms with Gasteiger partial charge < -0.3 is 29.3 Å². The molecular formula is C9H15N3O6.